The van der Waals surface area contributed by atoms with Crippen molar-refractivity contribution in [2.45, 2.75) is 49.6 Å². The summed E-state index contributed by atoms with van der Waals surface area (Å²) in [6, 6.07) is 18.0. The maximum Gasteiger partial charge on any atom is 0.416 e. The van der Waals surface area contributed by atoms with Crippen molar-refractivity contribution < 1.29 is 21.6 Å². The highest BCUT2D eigenvalue weighted by molar-refractivity contribution is 7.92. The van der Waals surface area contributed by atoms with Crippen LogP contribution in [0.4, 0.5) is 19.1 Å². The van der Waals surface area contributed by atoms with E-state index in [1.54, 1.807) is 24.3 Å². The second-order valence-corrected chi connectivity index (χ2v) is 11.4. The minimum atomic E-state index is -4.46. The van der Waals surface area contributed by atoms with E-state index >= 15 is 0 Å². The summed E-state index contributed by atoms with van der Waals surface area (Å²) in [6.45, 7) is 4.13. The highest BCUT2D eigenvalue weighted by Crippen LogP contribution is 2.44. The first-order valence-electron chi connectivity index (χ1n) is 12.3. The molecule has 1 aromatic heterocycles. The summed E-state index contributed by atoms with van der Waals surface area (Å²) in [4.78, 5) is 7.90. The van der Waals surface area contributed by atoms with Gasteiger partial charge in [0, 0.05) is 18.3 Å². The monoisotopic (exact) mass is 537 g/mol. The summed E-state index contributed by atoms with van der Waals surface area (Å²) < 4.78 is 69.1. The van der Waals surface area contributed by atoms with Crippen LogP contribution in [0.25, 0.3) is 11.1 Å². The fourth-order valence-corrected chi connectivity index (χ4v) is 5.96. The van der Waals surface area contributed by atoms with Gasteiger partial charge < -0.3 is 0 Å². The Balaban J connectivity index is 1.53. The molecular formula is C29H26F3N3O2S. The van der Waals surface area contributed by atoms with Crippen molar-refractivity contribution in [2.24, 2.45) is 0 Å². The molecule has 3 aromatic carbocycles. The number of aromatic nitrogens is 2. The summed E-state index contributed by atoms with van der Waals surface area (Å²) >= 11 is 0. The number of halogens is 3. The lowest BCUT2D eigenvalue weighted by Gasteiger charge is -2.20. The Kier molecular flexibility index (Phi) is 6.73. The topological polar surface area (TPSA) is 72.0 Å². The van der Waals surface area contributed by atoms with Gasteiger partial charge in [-0.25, -0.2) is 23.1 Å². The summed E-state index contributed by atoms with van der Waals surface area (Å²) in [5, 5.41) is 0. The van der Waals surface area contributed by atoms with E-state index < -0.39 is 21.8 Å². The predicted octanol–water partition coefficient (Wildman–Crippen LogP) is 7.16. The van der Waals surface area contributed by atoms with Gasteiger partial charge >= 0.3 is 6.18 Å². The second-order valence-electron chi connectivity index (χ2n) is 9.71. The van der Waals surface area contributed by atoms with Crippen LogP contribution in [0.3, 0.4) is 0 Å². The molecule has 1 atom stereocenters. The molecule has 1 aliphatic rings. The molecule has 0 saturated heterocycles. The Morgan fingerprint density at radius 3 is 2.26 bits per heavy atom. The molecule has 0 bridgehead atoms. The third kappa shape index (κ3) is 5.15. The van der Waals surface area contributed by atoms with E-state index in [-0.39, 0.29) is 16.8 Å². The molecule has 0 unspecified atom stereocenters. The van der Waals surface area contributed by atoms with E-state index in [9.17, 15) is 21.6 Å². The van der Waals surface area contributed by atoms with Gasteiger partial charge in [-0.05, 0) is 82.5 Å². The van der Waals surface area contributed by atoms with E-state index in [0.717, 1.165) is 33.9 Å². The first-order valence-corrected chi connectivity index (χ1v) is 13.8. The van der Waals surface area contributed by atoms with Crippen LogP contribution in [0.2, 0.25) is 0 Å². The van der Waals surface area contributed by atoms with Crippen molar-refractivity contribution in [3.63, 3.8) is 0 Å². The molecule has 0 saturated carbocycles. The van der Waals surface area contributed by atoms with Gasteiger partial charge in [-0.1, -0.05) is 50.2 Å². The normalized spacial score (nSPS) is 15.5. The van der Waals surface area contributed by atoms with Crippen LogP contribution < -0.4 is 4.72 Å². The van der Waals surface area contributed by atoms with Gasteiger partial charge in [0.25, 0.3) is 10.0 Å². The highest BCUT2D eigenvalue weighted by atomic mass is 32.2. The fourth-order valence-electron chi connectivity index (χ4n) is 4.95. The van der Waals surface area contributed by atoms with Crippen molar-refractivity contribution in [2.75, 3.05) is 4.72 Å². The van der Waals surface area contributed by atoms with Crippen LogP contribution in [0.5, 0.6) is 0 Å². The molecule has 0 amide bonds. The molecule has 1 N–H and O–H groups in total. The van der Waals surface area contributed by atoms with E-state index in [4.69, 9.17) is 0 Å². The number of nitrogens with one attached hydrogen (secondary N) is 1. The molecule has 5 rings (SSSR count). The van der Waals surface area contributed by atoms with Crippen LogP contribution in [-0.4, -0.2) is 18.4 Å². The number of hydrogen-bond acceptors (Lipinski definition) is 4. The quantitative estimate of drug-likeness (QED) is 0.283. The molecule has 0 fully saturated rings. The molecule has 0 spiro atoms. The van der Waals surface area contributed by atoms with Gasteiger partial charge in [-0.15, -0.1) is 0 Å². The largest absolute Gasteiger partial charge is 0.416 e. The number of anilines is 1. The minimum Gasteiger partial charge on any atom is -0.247 e. The lowest BCUT2D eigenvalue weighted by atomic mass is 9.85. The third-order valence-corrected chi connectivity index (χ3v) is 8.26. The van der Waals surface area contributed by atoms with Gasteiger partial charge in [0.05, 0.1) is 10.5 Å². The van der Waals surface area contributed by atoms with Crippen molar-refractivity contribution in [3.8, 4) is 11.1 Å². The molecule has 1 heterocycles. The maximum absolute atomic E-state index is 13.6. The van der Waals surface area contributed by atoms with Gasteiger partial charge in [0.2, 0.25) is 5.95 Å². The van der Waals surface area contributed by atoms with Gasteiger partial charge in [0.15, 0.2) is 0 Å². The number of nitrogens with zero attached hydrogens (tertiary/aromatic N) is 2. The number of benzene rings is 3. The Hall–Kier alpha value is -3.72. The molecule has 4 aromatic rings. The smallest absolute Gasteiger partial charge is 0.247 e. The summed E-state index contributed by atoms with van der Waals surface area (Å²) in [5.74, 6) is 0.123. The Morgan fingerprint density at radius 2 is 1.61 bits per heavy atom. The number of sulfonamides is 1. The van der Waals surface area contributed by atoms with Crippen molar-refractivity contribution in [1.29, 1.82) is 0 Å². The van der Waals surface area contributed by atoms with Crippen LogP contribution in [-0.2, 0) is 22.6 Å². The van der Waals surface area contributed by atoms with Gasteiger partial charge in [-0.3, -0.25) is 0 Å². The average molecular weight is 538 g/mol. The minimum absolute atomic E-state index is 0.0243. The first-order chi connectivity index (χ1) is 18.0. The van der Waals surface area contributed by atoms with Crippen LogP contribution in [0.15, 0.2) is 84.0 Å². The number of aryl methyl sites for hydroxylation is 1. The Morgan fingerprint density at radius 1 is 0.921 bits per heavy atom. The standard InChI is InChI=1S/C29H26F3N3O2S/c1-18(2)19-4-6-20(7-5-19)27-17-22(29(30,31)32)9-12-26(27)25-11-8-21-16-23(10-13-24(21)25)38(36,37)35-28-33-14-3-15-34-28/h3-7,9-10,12-18,25H,8,11H2,1-2H3,(H,33,34,35)/t25-/m0/s1. The van der Waals surface area contributed by atoms with Crippen molar-refractivity contribution in [1.82, 2.24) is 9.97 Å². The zero-order valence-corrected chi connectivity index (χ0v) is 21.6. The number of alkyl halides is 3. The van der Waals surface area contributed by atoms with E-state index in [0.29, 0.717) is 24.3 Å². The first kappa shape index (κ1) is 25.9. The number of rotatable bonds is 6. The molecular weight excluding hydrogens is 511 g/mol. The van der Waals surface area contributed by atoms with Crippen LogP contribution >= 0.6 is 0 Å². The molecule has 196 valence electrons. The Labute approximate surface area is 219 Å². The van der Waals surface area contributed by atoms with Crippen LogP contribution in [0.1, 0.15) is 59.9 Å². The predicted molar refractivity (Wildman–Crippen MR) is 140 cm³/mol. The van der Waals surface area contributed by atoms with E-state index in [2.05, 4.69) is 28.5 Å². The molecule has 9 heteroatoms. The summed E-state index contributed by atoms with van der Waals surface area (Å²) in [7, 11) is -3.90. The lowest BCUT2D eigenvalue weighted by Crippen LogP contribution is -2.15. The molecule has 1 aliphatic carbocycles. The molecule has 0 radical (unpaired) electrons. The number of hydrogen-bond donors (Lipinski definition) is 1. The fraction of sp³-hybridized carbons (Fsp3) is 0.241. The third-order valence-electron chi connectivity index (χ3n) is 6.94. The average Bonchev–Trinajstić information content (AvgIpc) is 3.31. The second kappa shape index (κ2) is 9.87. The summed E-state index contributed by atoms with van der Waals surface area (Å²) in [6.07, 6.45) is -0.307. The van der Waals surface area contributed by atoms with E-state index in [1.165, 1.54) is 24.5 Å². The van der Waals surface area contributed by atoms with Gasteiger partial charge in [-0.2, -0.15) is 13.2 Å². The Bertz CT molecular complexity index is 1570. The van der Waals surface area contributed by atoms with E-state index in [1.807, 2.05) is 24.3 Å². The molecule has 5 nitrogen and oxygen atoms in total. The van der Waals surface area contributed by atoms with Crippen LogP contribution in [0, 0.1) is 0 Å². The zero-order valence-electron chi connectivity index (χ0n) is 20.8. The lowest BCUT2D eigenvalue weighted by molar-refractivity contribution is -0.137. The number of fused-ring (bicyclic) bond motifs is 1. The molecule has 38 heavy (non-hydrogen) atoms. The highest BCUT2D eigenvalue weighted by Gasteiger charge is 2.33. The zero-order chi connectivity index (χ0) is 27.1. The summed E-state index contributed by atoms with van der Waals surface area (Å²) in [5.41, 5.74) is 4.23. The van der Waals surface area contributed by atoms with Gasteiger partial charge in [0.1, 0.15) is 0 Å². The van der Waals surface area contributed by atoms with Crippen molar-refractivity contribution in [3.05, 3.63) is 107 Å². The maximum atomic E-state index is 13.6. The SMILES string of the molecule is CC(C)c1ccc(-c2cc(C(F)(F)F)ccc2[C@H]2CCc3cc(S(=O)(=O)Nc4ncccn4)ccc32)cc1. The van der Waals surface area contributed by atoms with Crippen molar-refractivity contribution >= 4 is 16.0 Å². The molecule has 0 aliphatic heterocycles.